The van der Waals surface area contributed by atoms with E-state index in [0.29, 0.717) is 18.9 Å². The van der Waals surface area contributed by atoms with Crippen molar-refractivity contribution in [3.63, 3.8) is 0 Å². The van der Waals surface area contributed by atoms with Crippen LogP contribution in [0.5, 0.6) is 11.5 Å². The van der Waals surface area contributed by atoms with Crippen molar-refractivity contribution in [1.82, 2.24) is 9.55 Å². The molecule has 0 saturated heterocycles. The summed E-state index contributed by atoms with van der Waals surface area (Å²) in [6.45, 7) is 1.00. The number of fused-ring (bicyclic) bond motifs is 3. The number of ether oxygens (including phenoxy) is 2. The van der Waals surface area contributed by atoms with Crippen molar-refractivity contribution in [1.29, 1.82) is 0 Å². The first-order valence-electron chi connectivity index (χ1n) is 9.92. The van der Waals surface area contributed by atoms with Crippen LogP contribution in [0.4, 0.5) is 0 Å². The van der Waals surface area contributed by atoms with Crippen LogP contribution in [-0.2, 0) is 13.2 Å². The van der Waals surface area contributed by atoms with E-state index in [1.54, 1.807) is 31.6 Å². The summed E-state index contributed by atoms with van der Waals surface area (Å²) in [5.41, 5.74) is 5.90. The van der Waals surface area contributed by atoms with Gasteiger partial charge in [-0.25, -0.2) is 9.78 Å². The minimum Gasteiger partial charge on any atom is -0.497 e. The molecule has 0 fully saturated rings. The monoisotopic (exact) mass is 412 g/mol. The molecule has 1 N–H and O–H groups in total. The second kappa shape index (κ2) is 7.65. The number of hydrogen-bond acceptors (Lipinski definition) is 4. The molecule has 1 aromatic heterocycles. The fourth-order valence-electron chi connectivity index (χ4n) is 3.93. The van der Waals surface area contributed by atoms with E-state index in [4.69, 9.17) is 9.47 Å². The van der Waals surface area contributed by atoms with Crippen LogP contribution in [0.3, 0.4) is 0 Å². The van der Waals surface area contributed by atoms with Gasteiger partial charge in [-0.1, -0.05) is 30.3 Å². The number of imidazole rings is 1. The lowest BCUT2D eigenvalue weighted by atomic mass is 9.93. The van der Waals surface area contributed by atoms with Gasteiger partial charge in [0.1, 0.15) is 18.1 Å². The van der Waals surface area contributed by atoms with Crippen molar-refractivity contribution in [3.8, 4) is 11.5 Å². The zero-order valence-corrected chi connectivity index (χ0v) is 16.9. The van der Waals surface area contributed by atoms with Gasteiger partial charge in [0.25, 0.3) is 0 Å². The highest BCUT2D eigenvalue weighted by Crippen LogP contribution is 2.37. The number of carboxylic acids is 1. The molecule has 0 saturated carbocycles. The van der Waals surface area contributed by atoms with E-state index >= 15 is 0 Å². The highest BCUT2D eigenvalue weighted by atomic mass is 16.5. The number of methoxy groups -OCH3 is 1. The van der Waals surface area contributed by atoms with E-state index in [9.17, 15) is 9.90 Å². The smallest absolute Gasteiger partial charge is 0.335 e. The lowest BCUT2D eigenvalue weighted by Crippen LogP contribution is -2.00. The van der Waals surface area contributed by atoms with Crippen LogP contribution in [-0.4, -0.2) is 27.7 Å². The molecular formula is C25H20N2O4. The van der Waals surface area contributed by atoms with Gasteiger partial charge in [0.15, 0.2) is 0 Å². The molecule has 0 amide bonds. The Kier molecular flexibility index (Phi) is 4.67. The molecule has 0 spiro atoms. The lowest BCUT2D eigenvalue weighted by Gasteiger charge is -2.12. The summed E-state index contributed by atoms with van der Waals surface area (Å²) < 4.78 is 13.3. The number of benzene rings is 3. The molecule has 0 unspecified atom stereocenters. The van der Waals surface area contributed by atoms with Crippen molar-refractivity contribution in [2.45, 2.75) is 13.2 Å². The summed E-state index contributed by atoms with van der Waals surface area (Å²) in [5, 5.41) is 9.50. The summed E-state index contributed by atoms with van der Waals surface area (Å²) in [7, 11) is 1.64. The highest BCUT2D eigenvalue weighted by Gasteiger charge is 2.20. The predicted octanol–water partition coefficient (Wildman–Crippen LogP) is 4.77. The zero-order valence-electron chi connectivity index (χ0n) is 16.9. The van der Waals surface area contributed by atoms with Gasteiger partial charge in [0.2, 0.25) is 0 Å². The number of allylic oxidation sites excluding steroid dienone is 1. The highest BCUT2D eigenvalue weighted by molar-refractivity contribution is 5.92. The Morgan fingerprint density at radius 3 is 2.87 bits per heavy atom. The number of carbonyl (C=O) groups is 1. The van der Waals surface area contributed by atoms with Gasteiger partial charge in [-0.2, -0.15) is 0 Å². The van der Waals surface area contributed by atoms with Crippen molar-refractivity contribution in [2.24, 2.45) is 0 Å². The van der Waals surface area contributed by atoms with Crippen molar-refractivity contribution in [2.75, 3.05) is 7.11 Å². The van der Waals surface area contributed by atoms with Crippen molar-refractivity contribution < 1.29 is 19.4 Å². The average molecular weight is 412 g/mol. The van der Waals surface area contributed by atoms with Gasteiger partial charge in [-0.3, -0.25) is 0 Å². The SMILES string of the molecule is COc1ccc2c(c1)ncn2C/C=C1\c2ccccc2COc2ccc(C(=O)O)cc21. The molecule has 3 aromatic carbocycles. The third kappa shape index (κ3) is 3.42. The first-order valence-corrected chi connectivity index (χ1v) is 9.92. The summed E-state index contributed by atoms with van der Waals surface area (Å²) in [5.74, 6) is 0.475. The summed E-state index contributed by atoms with van der Waals surface area (Å²) in [6.07, 6.45) is 3.90. The predicted molar refractivity (Wildman–Crippen MR) is 118 cm³/mol. The normalized spacial score (nSPS) is 13.9. The maximum atomic E-state index is 11.6. The van der Waals surface area contributed by atoms with Gasteiger partial charge < -0.3 is 19.1 Å². The molecule has 0 atom stereocenters. The minimum absolute atomic E-state index is 0.229. The Morgan fingerprint density at radius 2 is 2.03 bits per heavy atom. The molecule has 6 heteroatoms. The van der Waals surface area contributed by atoms with Crippen LogP contribution in [0.1, 0.15) is 27.0 Å². The van der Waals surface area contributed by atoms with Crippen LogP contribution in [0.25, 0.3) is 16.6 Å². The molecule has 2 heterocycles. The second-order valence-corrected chi connectivity index (χ2v) is 7.33. The number of rotatable bonds is 4. The fourth-order valence-corrected chi connectivity index (χ4v) is 3.93. The number of hydrogen-bond donors (Lipinski definition) is 1. The van der Waals surface area contributed by atoms with Gasteiger partial charge in [0, 0.05) is 18.2 Å². The zero-order chi connectivity index (χ0) is 21.4. The lowest BCUT2D eigenvalue weighted by molar-refractivity contribution is 0.0697. The fraction of sp³-hybridized carbons (Fsp3) is 0.120. The molecule has 0 bridgehead atoms. The van der Waals surface area contributed by atoms with E-state index in [1.807, 2.05) is 42.5 Å². The minimum atomic E-state index is -0.964. The third-order valence-corrected chi connectivity index (χ3v) is 5.53. The maximum absolute atomic E-state index is 11.6. The van der Waals surface area contributed by atoms with Crippen molar-refractivity contribution in [3.05, 3.63) is 95.3 Å². The number of aromatic nitrogens is 2. The molecule has 4 aromatic rings. The molecular weight excluding hydrogens is 392 g/mol. The second-order valence-electron chi connectivity index (χ2n) is 7.33. The van der Waals surface area contributed by atoms with Crippen LogP contribution >= 0.6 is 0 Å². The standard InChI is InChI=1S/C25H20N2O4/c1-30-18-7-8-23-22(13-18)26-15-27(23)11-10-20-19-5-3-2-4-17(19)14-31-24-9-6-16(25(28)29)12-21(20)24/h2-10,12-13,15H,11,14H2,1H3,(H,28,29)/b20-10+. The molecule has 31 heavy (non-hydrogen) atoms. The Balaban J connectivity index is 1.63. The Labute approximate surface area is 179 Å². The van der Waals surface area contributed by atoms with Crippen LogP contribution in [0, 0.1) is 0 Å². The van der Waals surface area contributed by atoms with Gasteiger partial charge in [-0.15, -0.1) is 0 Å². The Hall–Kier alpha value is -4.06. The quantitative estimate of drug-likeness (QED) is 0.523. The largest absolute Gasteiger partial charge is 0.497 e. The third-order valence-electron chi connectivity index (χ3n) is 5.53. The molecule has 154 valence electrons. The van der Waals surface area contributed by atoms with Crippen LogP contribution in [0.15, 0.2) is 73.1 Å². The number of nitrogens with zero attached hydrogens (tertiary/aromatic N) is 2. The van der Waals surface area contributed by atoms with E-state index in [1.165, 1.54) is 0 Å². The van der Waals surface area contributed by atoms with Crippen LogP contribution < -0.4 is 9.47 Å². The molecule has 1 aliphatic rings. The van der Waals surface area contributed by atoms with E-state index in [-0.39, 0.29) is 5.56 Å². The van der Waals surface area contributed by atoms with Gasteiger partial charge in [-0.05, 0) is 47.0 Å². The maximum Gasteiger partial charge on any atom is 0.335 e. The topological polar surface area (TPSA) is 73.6 Å². The molecule has 1 aliphatic heterocycles. The number of aromatic carboxylic acids is 1. The van der Waals surface area contributed by atoms with Gasteiger partial charge in [0.05, 0.1) is 30.0 Å². The summed E-state index contributed by atoms with van der Waals surface area (Å²) >= 11 is 0. The molecule has 0 aliphatic carbocycles. The first-order chi connectivity index (χ1) is 15.1. The molecule has 5 rings (SSSR count). The summed E-state index contributed by atoms with van der Waals surface area (Å²) in [6, 6.07) is 18.8. The molecule has 0 radical (unpaired) electrons. The van der Waals surface area contributed by atoms with E-state index in [2.05, 4.69) is 15.6 Å². The Morgan fingerprint density at radius 1 is 1.16 bits per heavy atom. The van der Waals surface area contributed by atoms with E-state index in [0.717, 1.165) is 39.0 Å². The van der Waals surface area contributed by atoms with Gasteiger partial charge >= 0.3 is 5.97 Å². The van der Waals surface area contributed by atoms with Crippen LogP contribution in [0.2, 0.25) is 0 Å². The summed E-state index contributed by atoms with van der Waals surface area (Å²) in [4.78, 5) is 16.1. The average Bonchev–Trinajstić information content (AvgIpc) is 3.13. The number of carboxylic acid groups (broad SMARTS) is 1. The Bertz CT molecular complexity index is 1340. The first kappa shape index (κ1) is 18.9. The van der Waals surface area contributed by atoms with E-state index < -0.39 is 5.97 Å². The molecule has 6 nitrogen and oxygen atoms in total. The van der Waals surface area contributed by atoms with Crippen molar-refractivity contribution >= 4 is 22.6 Å².